The van der Waals surface area contributed by atoms with Crippen LogP contribution in [-0.2, 0) is 29.0 Å². The van der Waals surface area contributed by atoms with Crippen LogP contribution in [0.1, 0.15) is 23.1 Å². The number of amides is 4. The number of hydrazine groups is 1. The molecular formula is C33H39N5O6. The van der Waals surface area contributed by atoms with E-state index in [9.17, 15) is 19.5 Å². The maximum Gasteiger partial charge on any atom is 0.334 e. The molecule has 232 valence electrons. The Kier molecular flexibility index (Phi) is 9.54. The Hall–Kier alpha value is -4.77. The number of hydrogen-bond acceptors (Lipinski definition) is 7. The topological polar surface area (TPSA) is 115 Å². The van der Waals surface area contributed by atoms with E-state index in [1.807, 2.05) is 60.7 Å². The number of phenols is 1. The summed E-state index contributed by atoms with van der Waals surface area (Å²) in [7, 11) is 4.88. The molecule has 44 heavy (non-hydrogen) atoms. The number of carbonyl (C=O) groups excluding carboxylic acids is 3. The van der Waals surface area contributed by atoms with E-state index in [2.05, 4.69) is 5.32 Å². The van der Waals surface area contributed by atoms with Crippen molar-refractivity contribution in [3.63, 3.8) is 0 Å². The summed E-state index contributed by atoms with van der Waals surface area (Å²) in [5.41, 5.74) is 2.86. The molecule has 2 atom stereocenters. The van der Waals surface area contributed by atoms with Crippen molar-refractivity contribution in [3.8, 4) is 17.2 Å². The Morgan fingerprint density at radius 2 is 1.61 bits per heavy atom. The Labute approximate surface area is 257 Å². The molecule has 0 saturated carbocycles. The predicted octanol–water partition coefficient (Wildman–Crippen LogP) is 3.02. The van der Waals surface area contributed by atoms with Crippen LogP contribution in [0.15, 0.2) is 72.8 Å². The molecule has 11 heteroatoms. The minimum absolute atomic E-state index is 0.0239. The van der Waals surface area contributed by atoms with Crippen molar-refractivity contribution in [1.82, 2.24) is 25.1 Å². The van der Waals surface area contributed by atoms with Crippen molar-refractivity contribution in [3.05, 3.63) is 89.5 Å². The molecule has 2 N–H and O–H groups in total. The number of hydrogen-bond donors (Lipinski definition) is 2. The maximum absolute atomic E-state index is 14.0. The average Bonchev–Trinajstić information content (AvgIpc) is 3.03. The molecule has 2 saturated heterocycles. The van der Waals surface area contributed by atoms with Crippen LogP contribution in [0, 0.1) is 0 Å². The third-order valence-electron chi connectivity index (χ3n) is 8.20. The molecule has 0 spiro atoms. The molecule has 2 aliphatic heterocycles. The summed E-state index contributed by atoms with van der Waals surface area (Å²) in [5.74, 6) is 1.04. The van der Waals surface area contributed by atoms with Gasteiger partial charge in [-0.15, -0.1) is 0 Å². The number of nitrogens with zero attached hydrogens (tertiary/aromatic N) is 4. The lowest BCUT2D eigenvalue weighted by Gasteiger charge is -2.54. The van der Waals surface area contributed by atoms with Crippen molar-refractivity contribution >= 4 is 17.8 Å². The van der Waals surface area contributed by atoms with Crippen LogP contribution in [0.25, 0.3) is 0 Å². The highest BCUT2D eigenvalue weighted by Gasteiger charge is 2.50. The van der Waals surface area contributed by atoms with Crippen LogP contribution in [0.2, 0.25) is 0 Å². The standard InChI is InChI=1S/C33H39N5O6/c1-35-22-31(40)37-27(15-11-23-9-13-26(39)14-10-23)32(41)36(18-17-24-12-16-28(43-2)29(19-24)44-3)21-30(37)38(35)33(42)34-20-25-7-5-4-6-8-25/h4-10,12-14,16,19,27,30,39H,11,15,17-18,20-22H2,1-3H3,(H,34,42)/t27-,30-/m0/s1. The number of urea groups is 1. The summed E-state index contributed by atoms with van der Waals surface area (Å²) in [5, 5.41) is 15.9. The Morgan fingerprint density at radius 1 is 0.909 bits per heavy atom. The van der Waals surface area contributed by atoms with Gasteiger partial charge in [0.2, 0.25) is 11.8 Å². The summed E-state index contributed by atoms with van der Waals surface area (Å²) >= 11 is 0. The molecule has 2 heterocycles. The third-order valence-corrected chi connectivity index (χ3v) is 8.20. The van der Waals surface area contributed by atoms with Gasteiger partial charge in [-0.1, -0.05) is 48.5 Å². The van der Waals surface area contributed by atoms with Crippen LogP contribution >= 0.6 is 0 Å². The lowest BCUT2D eigenvalue weighted by molar-refractivity contribution is -0.187. The molecule has 0 bridgehead atoms. The number of likely N-dealkylation sites (N-methyl/N-ethyl adjacent to an activating group) is 1. The first-order chi connectivity index (χ1) is 21.3. The van der Waals surface area contributed by atoms with Gasteiger partial charge in [0.15, 0.2) is 11.5 Å². The fraction of sp³-hybridized carbons (Fsp3) is 0.364. The molecule has 0 aliphatic carbocycles. The van der Waals surface area contributed by atoms with Gasteiger partial charge in [-0.2, -0.15) is 0 Å². The number of methoxy groups -OCH3 is 2. The van der Waals surface area contributed by atoms with Crippen LogP contribution in [0.5, 0.6) is 17.2 Å². The van der Waals surface area contributed by atoms with E-state index in [0.717, 1.165) is 16.7 Å². The lowest BCUT2D eigenvalue weighted by Crippen LogP contribution is -2.76. The van der Waals surface area contributed by atoms with Gasteiger partial charge in [0.05, 0.1) is 27.3 Å². The van der Waals surface area contributed by atoms with E-state index in [1.54, 1.807) is 53.2 Å². The van der Waals surface area contributed by atoms with E-state index in [-0.39, 0.29) is 36.7 Å². The highest BCUT2D eigenvalue weighted by atomic mass is 16.5. The molecule has 11 nitrogen and oxygen atoms in total. The maximum atomic E-state index is 14.0. The molecule has 2 fully saturated rings. The number of fused-ring (bicyclic) bond motifs is 1. The minimum Gasteiger partial charge on any atom is -0.508 e. The quantitative estimate of drug-likeness (QED) is 0.367. The summed E-state index contributed by atoms with van der Waals surface area (Å²) < 4.78 is 10.8. The van der Waals surface area contributed by atoms with Gasteiger partial charge in [-0.3, -0.25) is 9.59 Å². The van der Waals surface area contributed by atoms with Gasteiger partial charge in [-0.25, -0.2) is 14.8 Å². The van der Waals surface area contributed by atoms with Crippen LogP contribution in [-0.4, -0.2) is 95.9 Å². The molecule has 5 rings (SSSR count). The molecule has 4 amide bonds. The molecule has 0 unspecified atom stereocenters. The Bertz CT molecular complexity index is 1470. The first-order valence-corrected chi connectivity index (χ1v) is 14.7. The molecule has 0 aromatic heterocycles. The second kappa shape index (κ2) is 13.7. The largest absolute Gasteiger partial charge is 0.508 e. The second-order valence-electron chi connectivity index (χ2n) is 11.0. The molecule has 3 aromatic carbocycles. The second-order valence-corrected chi connectivity index (χ2v) is 11.0. The number of rotatable bonds is 10. The highest BCUT2D eigenvalue weighted by molar-refractivity contribution is 5.91. The van der Waals surface area contributed by atoms with Gasteiger partial charge >= 0.3 is 6.03 Å². The van der Waals surface area contributed by atoms with E-state index < -0.39 is 12.2 Å². The van der Waals surface area contributed by atoms with Crippen molar-refractivity contribution in [1.29, 1.82) is 0 Å². The summed E-state index contributed by atoms with van der Waals surface area (Å²) in [6.45, 7) is 0.878. The van der Waals surface area contributed by atoms with Crippen LogP contribution < -0.4 is 14.8 Å². The van der Waals surface area contributed by atoms with Gasteiger partial charge in [-0.05, 0) is 60.2 Å². The fourth-order valence-corrected chi connectivity index (χ4v) is 5.90. The van der Waals surface area contributed by atoms with Gasteiger partial charge in [0, 0.05) is 20.1 Å². The zero-order valence-electron chi connectivity index (χ0n) is 25.3. The van der Waals surface area contributed by atoms with Crippen LogP contribution in [0.3, 0.4) is 0 Å². The number of aryl methyl sites for hydroxylation is 1. The zero-order valence-corrected chi connectivity index (χ0v) is 25.3. The first kappa shape index (κ1) is 30.7. The zero-order chi connectivity index (χ0) is 31.2. The van der Waals surface area contributed by atoms with Gasteiger partial charge in [0.25, 0.3) is 0 Å². The predicted molar refractivity (Wildman–Crippen MR) is 164 cm³/mol. The Morgan fingerprint density at radius 3 is 2.32 bits per heavy atom. The summed E-state index contributed by atoms with van der Waals surface area (Å²) in [4.78, 5) is 44.5. The molecule has 3 aromatic rings. The van der Waals surface area contributed by atoms with E-state index in [1.165, 1.54) is 0 Å². The number of piperazine rings is 1. The van der Waals surface area contributed by atoms with E-state index in [0.29, 0.717) is 43.9 Å². The number of ether oxygens (including phenoxy) is 2. The number of aromatic hydroxyl groups is 1. The van der Waals surface area contributed by atoms with Crippen molar-refractivity contribution in [2.24, 2.45) is 0 Å². The SMILES string of the molecule is COc1ccc(CCN2C[C@H]3N(C(=O)CN(C)N3C(=O)NCc3ccccc3)[C@@H](CCc3ccc(O)cc3)C2=O)cc1OC. The highest BCUT2D eigenvalue weighted by Crippen LogP contribution is 2.30. The van der Waals surface area contributed by atoms with Crippen molar-refractivity contribution < 1.29 is 29.0 Å². The van der Waals surface area contributed by atoms with Gasteiger partial charge in [0.1, 0.15) is 18.0 Å². The molecule has 2 aliphatic rings. The normalized spacial score (nSPS) is 18.7. The lowest BCUT2D eigenvalue weighted by atomic mass is 9.98. The molecule has 0 radical (unpaired) electrons. The van der Waals surface area contributed by atoms with E-state index in [4.69, 9.17) is 9.47 Å². The first-order valence-electron chi connectivity index (χ1n) is 14.7. The van der Waals surface area contributed by atoms with Crippen LogP contribution in [0.4, 0.5) is 4.79 Å². The van der Waals surface area contributed by atoms with Crippen molar-refractivity contribution in [2.45, 2.75) is 38.0 Å². The summed E-state index contributed by atoms with van der Waals surface area (Å²) in [6.07, 6.45) is 0.771. The summed E-state index contributed by atoms with van der Waals surface area (Å²) in [6, 6.07) is 21.0. The number of benzene rings is 3. The average molecular weight is 602 g/mol. The third kappa shape index (κ3) is 6.73. The Balaban J connectivity index is 1.39. The number of phenolic OH excluding ortho intramolecular Hbond substituents is 1. The monoisotopic (exact) mass is 601 g/mol. The van der Waals surface area contributed by atoms with E-state index >= 15 is 0 Å². The minimum atomic E-state index is -0.751. The number of nitrogens with one attached hydrogen (secondary N) is 1. The van der Waals surface area contributed by atoms with Crippen molar-refractivity contribution in [2.75, 3.05) is 40.9 Å². The fourth-order valence-electron chi connectivity index (χ4n) is 5.90. The number of carbonyl (C=O) groups is 3. The van der Waals surface area contributed by atoms with Gasteiger partial charge < -0.3 is 29.7 Å². The molecular weight excluding hydrogens is 562 g/mol. The smallest absolute Gasteiger partial charge is 0.334 e.